The van der Waals surface area contributed by atoms with Gasteiger partial charge in [0, 0.05) is 34.1 Å². The molecule has 0 aromatic carbocycles. The Kier molecular flexibility index (Phi) is 9.34. The number of hydrogen-bond donors (Lipinski definition) is 2. The molecule has 53 heavy (non-hydrogen) atoms. The van der Waals surface area contributed by atoms with Gasteiger partial charge in [-0.2, -0.15) is 9.83 Å². The monoisotopic (exact) mass is 731 g/mol. The van der Waals surface area contributed by atoms with E-state index in [1.165, 1.54) is 18.0 Å². The van der Waals surface area contributed by atoms with Crippen molar-refractivity contribution in [3.8, 4) is 11.4 Å². The van der Waals surface area contributed by atoms with Crippen molar-refractivity contribution in [1.82, 2.24) is 14.8 Å². The summed E-state index contributed by atoms with van der Waals surface area (Å²) in [4.78, 5) is 18.3. The molecule has 2 bridgehead atoms. The standard InChI is InChI=1S/C43H65N5O5/c1-26(2)28(5)38(6)17-18-40(8)30-11-12-33-39(7)22-52-24-43(33,31(30)13-16-41(40,9)34(38)37(49)50)21-32(35(39)53-23-42(10,44)27(3)4)48-36(45-25-46-48)29-14-19-47(51)20-15-29/h13-15,19-20,25-28,30,32-35H,11-12,16-18,21-24,44H2,1-10H3,(H,49,50)/t28-,30+,32-,33+,34-,35+,38-,39+,40-,41+,42+,43?/m1/s1. The van der Waals surface area contributed by atoms with Gasteiger partial charge in [0.25, 0.3) is 0 Å². The SMILES string of the molecule is CC(C)[C@@H](C)[C@@]1(C)CC[C@]2(C)[C@H]3CC[C@@H]4C5(COC[C@]4(C)[C@@H](OC[C@](C)(N)C(C)C)[C@H](n4ncnc4-c4cc[n+]([O-])cc4)C5)C3=CC[C@@]2(C)[C@@H]1C(=O)O. The van der Waals surface area contributed by atoms with Crippen LogP contribution in [0, 0.1) is 67.8 Å². The number of nitrogens with two attached hydrogens (primary N) is 1. The molecule has 2 aromatic rings. The Labute approximate surface area is 316 Å². The molecular weight excluding hydrogens is 667 g/mol. The Morgan fingerprint density at radius 2 is 1.81 bits per heavy atom. The van der Waals surface area contributed by atoms with Crippen LogP contribution < -0.4 is 10.5 Å². The Hall–Kier alpha value is -2.82. The zero-order chi connectivity index (χ0) is 38.5. The summed E-state index contributed by atoms with van der Waals surface area (Å²) in [6.45, 7) is 24.1. The zero-order valence-corrected chi connectivity index (χ0v) is 33.9. The Morgan fingerprint density at radius 1 is 1.11 bits per heavy atom. The molecule has 292 valence electrons. The first-order chi connectivity index (χ1) is 24.8. The molecule has 0 spiro atoms. The first-order valence-electron chi connectivity index (χ1n) is 20.3. The summed E-state index contributed by atoms with van der Waals surface area (Å²) < 4.78 is 16.7. The maximum Gasteiger partial charge on any atom is 0.307 e. The first kappa shape index (κ1) is 38.5. The van der Waals surface area contributed by atoms with Crippen LogP contribution in [0.15, 0.2) is 42.5 Å². The van der Waals surface area contributed by atoms with Crippen LogP contribution in [0.2, 0.25) is 0 Å². The summed E-state index contributed by atoms with van der Waals surface area (Å²) in [7, 11) is 0. The number of fused-ring (bicyclic) bond motifs is 3. The molecule has 0 radical (unpaired) electrons. The maximum atomic E-state index is 13.6. The third-order valence-electron chi connectivity index (χ3n) is 16.9. The molecule has 10 heteroatoms. The van der Waals surface area contributed by atoms with E-state index in [-0.39, 0.29) is 45.6 Å². The second-order valence-electron chi connectivity index (χ2n) is 20.0. The van der Waals surface area contributed by atoms with E-state index in [1.807, 2.05) is 0 Å². The van der Waals surface area contributed by atoms with Crippen LogP contribution in [-0.4, -0.2) is 57.3 Å². The number of aliphatic carboxylic acids is 1. The number of hydrogen-bond acceptors (Lipinski definition) is 7. The molecule has 1 saturated heterocycles. The highest BCUT2D eigenvalue weighted by atomic mass is 16.5. The average molecular weight is 732 g/mol. The van der Waals surface area contributed by atoms with E-state index in [1.54, 1.807) is 18.5 Å². The second-order valence-corrected chi connectivity index (χ2v) is 20.0. The van der Waals surface area contributed by atoms with E-state index < -0.39 is 22.8 Å². The number of ether oxygens (including phenoxy) is 2. The van der Waals surface area contributed by atoms with Gasteiger partial charge in [-0.1, -0.05) is 74.0 Å². The zero-order valence-electron chi connectivity index (χ0n) is 33.9. The van der Waals surface area contributed by atoms with E-state index in [0.29, 0.717) is 43.4 Å². The molecule has 10 nitrogen and oxygen atoms in total. The predicted octanol–water partition coefficient (Wildman–Crippen LogP) is 7.47. The topological polar surface area (TPSA) is 139 Å². The molecule has 12 atom stereocenters. The number of carboxylic acids is 1. The van der Waals surface area contributed by atoms with Gasteiger partial charge in [-0.25, -0.2) is 9.67 Å². The van der Waals surface area contributed by atoms with Crippen molar-refractivity contribution >= 4 is 5.97 Å². The van der Waals surface area contributed by atoms with Crippen LogP contribution in [0.5, 0.6) is 0 Å². The van der Waals surface area contributed by atoms with Crippen molar-refractivity contribution < 1.29 is 24.1 Å². The van der Waals surface area contributed by atoms with E-state index in [4.69, 9.17) is 25.3 Å². The van der Waals surface area contributed by atoms with Gasteiger partial charge in [0.15, 0.2) is 18.2 Å². The molecule has 0 amide bonds. The quantitative estimate of drug-likeness (QED) is 0.154. The molecule has 3 saturated carbocycles. The third-order valence-corrected chi connectivity index (χ3v) is 16.9. The van der Waals surface area contributed by atoms with Gasteiger partial charge >= 0.3 is 5.97 Å². The van der Waals surface area contributed by atoms with Gasteiger partial charge in [0.05, 0.1) is 37.9 Å². The van der Waals surface area contributed by atoms with Crippen molar-refractivity contribution in [2.75, 3.05) is 19.8 Å². The smallest absolute Gasteiger partial charge is 0.307 e. The van der Waals surface area contributed by atoms with Crippen molar-refractivity contribution in [3.63, 3.8) is 0 Å². The summed E-state index contributed by atoms with van der Waals surface area (Å²) in [5, 5.41) is 28.1. The van der Waals surface area contributed by atoms with Crippen LogP contribution in [0.25, 0.3) is 11.4 Å². The van der Waals surface area contributed by atoms with Gasteiger partial charge in [-0.05, 0) is 91.3 Å². The molecule has 2 aromatic heterocycles. The molecule has 1 aliphatic heterocycles. The minimum atomic E-state index is -0.640. The van der Waals surface area contributed by atoms with Crippen molar-refractivity contribution in [1.29, 1.82) is 0 Å². The van der Waals surface area contributed by atoms with Gasteiger partial charge in [-0.3, -0.25) is 4.79 Å². The molecule has 4 aliphatic carbocycles. The summed E-state index contributed by atoms with van der Waals surface area (Å²) >= 11 is 0. The number of pyridine rings is 1. The first-order valence-corrected chi connectivity index (χ1v) is 20.3. The lowest BCUT2D eigenvalue weighted by molar-refractivity contribution is -0.605. The van der Waals surface area contributed by atoms with Crippen LogP contribution in [-0.2, 0) is 14.3 Å². The Balaban J connectivity index is 1.35. The van der Waals surface area contributed by atoms with Gasteiger partial charge in [0.2, 0.25) is 0 Å². The van der Waals surface area contributed by atoms with Crippen LogP contribution in [0.3, 0.4) is 0 Å². The molecule has 3 N–H and O–H groups in total. The molecule has 7 rings (SSSR count). The summed E-state index contributed by atoms with van der Waals surface area (Å²) in [6, 6.07) is 3.42. The predicted molar refractivity (Wildman–Crippen MR) is 204 cm³/mol. The van der Waals surface area contributed by atoms with Crippen LogP contribution in [0.1, 0.15) is 114 Å². The van der Waals surface area contributed by atoms with Gasteiger partial charge < -0.3 is 25.5 Å². The van der Waals surface area contributed by atoms with Crippen molar-refractivity contribution in [2.24, 2.45) is 68.3 Å². The number of carboxylic acid groups (broad SMARTS) is 1. The fourth-order valence-corrected chi connectivity index (χ4v) is 12.8. The van der Waals surface area contributed by atoms with Crippen LogP contribution >= 0.6 is 0 Å². The van der Waals surface area contributed by atoms with E-state index >= 15 is 0 Å². The van der Waals surface area contributed by atoms with Gasteiger partial charge in [0.1, 0.15) is 6.33 Å². The largest absolute Gasteiger partial charge is 0.619 e. The lowest BCUT2D eigenvalue weighted by atomic mass is 9.34. The molecule has 1 unspecified atom stereocenters. The van der Waals surface area contributed by atoms with E-state index in [2.05, 4.69) is 80.0 Å². The minimum Gasteiger partial charge on any atom is -0.619 e. The van der Waals surface area contributed by atoms with Gasteiger partial charge in [-0.15, -0.1) is 0 Å². The molecule has 3 heterocycles. The lowest BCUT2D eigenvalue weighted by Gasteiger charge is -2.71. The fraction of sp³-hybridized carbons (Fsp3) is 0.767. The summed E-state index contributed by atoms with van der Waals surface area (Å²) in [5.74, 6) is 1.12. The summed E-state index contributed by atoms with van der Waals surface area (Å²) in [6.07, 6.45) is 12.4. The Morgan fingerprint density at radius 3 is 2.45 bits per heavy atom. The van der Waals surface area contributed by atoms with E-state index in [0.717, 1.165) is 48.8 Å². The molecular formula is C43H65N5O5. The highest BCUT2D eigenvalue weighted by Crippen LogP contribution is 2.75. The number of nitrogens with zero attached hydrogens (tertiary/aromatic N) is 4. The highest BCUT2D eigenvalue weighted by molar-refractivity contribution is 5.73. The van der Waals surface area contributed by atoms with Crippen molar-refractivity contribution in [3.05, 3.63) is 47.7 Å². The minimum absolute atomic E-state index is 0.172. The number of allylic oxidation sites excluding steroid dienone is 1. The van der Waals surface area contributed by atoms with Crippen molar-refractivity contribution in [2.45, 2.75) is 125 Å². The lowest BCUT2D eigenvalue weighted by Crippen LogP contribution is -2.69. The average Bonchev–Trinajstić information content (AvgIpc) is 3.57. The normalized spacial score (nSPS) is 41.2. The maximum absolute atomic E-state index is 13.6. The number of rotatable bonds is 9. The molecule has 4 fully saturated rings. The number of aromatic nitrogens is 4. The Bertz CT molecular complexity index is 1740. The summed E-state index contributed by atoms with van der Waals surface area (Å²) in [5.41, 5.74) is 7.18. The van der Waals surface area contributed by atoms with Crippen LogP contribution in [0.4, 0.5) is 0 Å². The second kappa shape index (κ2) is 12.9. The fourth-order valence-electron chi connectivity index (χ4n) is 12.8. The number of carbonyl (C=O) groups is 1. The molecule has 5 aliphatic rings. The highest BCUT2D eigenvalue weighted by Gasteiger charge is 2.72. The third kappa shape index (κ3) is 5.49. The van der Waals surface area contributed by atoms with E-state index in [9.17, 15) is 15.1 Å².